The summed E-state index contributed by atoms with van der Waals surface area (Å²) in [4.78, 5) is 32.1. The molecule has 1 saturated heterocycles. The number of imidazole rings is 1. The summed E-state index contributed by atoms with van der Waals surface area (Å²) in [6, 6.07) is 5.68. The molecule has 0 saturated carbocycles. The molecular formula is C15H18N4O2. The fourth-order valence-electron chi connectivity index (χ4n) is 2.75. The van der Waals surface area contributed by atoms with Crippen molar-refractivity contribution in [3.8, 4) is 0 Å². The van der Waals surface area contributed by atoms with Gasteiger partial charge >= 0.3 is 0 Å². The van der Waals surface area contributed by atoms with Gasteiger partial charge in [0.15, 0.2) is 0 Å². The lowest BCUT2D eigenvalue weighted by molar-refractivity contribution is -0.130. The number of hydrogen-bond donors (Lipinski definition) is 0. The maximum absolute atomic E-state index is 12.7. The van der Waals surface area contributed by atoms with Crippen LogP contribution in [0.3, 0.4) is 0 Å². The summed E-state index contributed by atoms with van der Waals surface area (Å²) in [6.07, 6.45) is 1.86. The summed E-state index contributed by atoms with van der Waals surface area (Å²) in [6.45, 7) is 5.74. The van der Waals surface area contributed by atoms with Gasteiger partial charge in [-0.25, -0.2) is 4.98 Å². The van der Waals surface area contributed by atoms with Gasteiger partial charge in [0.1, 0.15) is 11.3 Å². The number of amides is 2. The van der Waals surface area contributed by atoms with Crippen molar-refractivity contribution in [2.75, 3.05) is 26.2 Å². The molecule has 2 aromatic rings. The van der Waals surface area contributed by atoms with E-state index < -0.39 is 0 Å². The molecule has 2 aromatic heterocycles. The van der Waals surface area contributed by atoms with Crippen molar-refractivity contribution < 1.29 is 9.59 Å². The Bertz CT molecular complexity index is 699. The van der Waals surface area contributed by atoms with Crippen molar-refractivity contribution in [1.29, 1.82) is 0 Å². The van der Waals surface area contributed by atoms with Crippen LogP contribution in [0.15, 0.2) is 24.4 Å². The molecule has 0 unspecified atom stereocenters. The Balaban J connectivity index is 1.85. The van der Waals surface area contributed by atoms with Crippen molar-refractivity contribution in [2.45, 2.75) is 13.8 Å². The van der Waals surface area contributed by atoms with Gasteiger partial charge in [0.05, 0.1) is 5.69 Å². The van der Waals surface area contributed by atoms with Gasteiger partial charge in [-0.2, -0.15) is 0 Å². The maximum Gasteiger partial charge on any atom is 0.272 e. The average Bonchev–Trinajstić information content (AvgIpc) is 2.82. The largest absolute Gasteiger partial charge is 0.339 e. The Morgan fingerprint density at radius 3 is 2.43 bits per heavy atom. The molecule has 6 nitrogen and oxygen atoms in total. The zero-order valence-electron chi connectivity index (χ0n) is 12.2. The molecular weight excluding hydrogens is 268 g/mol. The summed E-state index contributed by atoms with van der Waals surface area (Å²) >= 11 is 0. The van der Waals surface area contributed by atoms with E-state index in [0.29, 0.717) is 31.9 Å². The van der Waals surface area contributed by atoms with Crippen LogP contribution < -0.4 is 0 Å². The molecule has 0 N–H and O–H groups in total. The number of rotatable bonds is 1. The Labute approximate surface area is 123 Å². The van der Waals surface area contributed by atoms with E-state index >= 15 is 0 Å². The second kappa shape index (κ2) is 5.20. The highest BCUT2D eigenvalue weighted by Gasteiger charge is 2.26. The maximum atomic E-state index is 12.7. The minimum absolute atomic E-state index is 0.0191. The van der Waals surface area contributed by atoms with Crippen molar-refractivity contribution in [1.82, 2.24) is 19.2 Å². The van der Waals surface area contributed by atoms with Gasteiger partial charge in [-0.1, -0.05) is 6.07 Å². The molecule has 6 heteroatoms. The average molecular weight is 286 g/mol. The molecule has 3 heterocycles. The number of pyridine rings is 1. The van der Waals surface area contributed by atoms with Crippen LogP contribution >= 0.6 is 0 Å². The molecule has 2 amide bonds. The summed E-state index contributed by atoms with van der Waals surface area (Å²) in [5.74, 6) is 0.0440. The molecule has 0 bridgehead atoms. The number of aryl methyl sites for hydroxylation is 1. The van der Waals surface area contributed by atoms with E-state index in [-0.39, 0.29) is 11.8 Å². The topological polar surface area (TPSA) is 57.9 Å². The number of fused-ring (bicyclic) bond motifs is 1. The zero-order valence-corrected chi connectivity index (χ0v) is 12.2. The van der Waals surface area contributed by atoms with E-state index in [4.69, 9.17) is 0 Å². The van der Waals surface area contributed by atoms with Crippen molar-refractivity contribution >= 4 is 17.5 Å². The van der Waals surface area contributed by atoms with Crippen LogP contribution in [0.2, 0.25) is 0 Å². The molecule has 0 spiro atoms. The summed E-state index contributed by atoms with van der Waals surface area (Å²) in [5, 5.41) is 0. The lowest BCUT2D eigenvalue weighted by atomic mass is 10.2. The Hall–Kier alpha value is -2.37. The minimum atomic E-state index is -0.0191. The van der Waals surface area contributed by atoms with Crippen LogP contribution in [0.4, 0.5) is 0 Å². The first-order chi connectivity index (χ1) is 10.1. The van der Waals surface area contributed by atoms with Crippen molar-refractivity contribution in [2.24, 2.45) is 0 Å². The molecule has 0 radical (unpaired) electrons. The molecule has 1 fully saturated rings. The van der Waals surface area contributed by atoms with Crippen molar-refractivity contribution in [3.05, 3.63) is 35.8 Å². The van der Waals surface area contributed by atoms with E-state index in [1.54, 1.807) is 16.7 Å². The second-order valence-electron chi connectivity index (χ2n) is 5.27. The van der Waals surface area contributed by atoms with Crippen LogP contribution in [0.5, 0.6) is 0 Å². The third kappa shape index (κ3) is 2.37. The van der Waals surface area contributed by atoms with Crippen LogP contribution in [0.25, 0.3) is 5.65 Å². The van der Waals surface area contributed by atoms with E-state index in [0.717, 1.165) is 11.3 Å². The predicted molar refractivity (Wildman–Crippen MR) is 78.1 cm³/mol. The molecule has 1 aliphatic rings. The number of carbonyl (C=O) groups is 2. The second-order valence-corrected chi connectivity index (χ2v) is 5.27. The Morgan fingerprint density at radius 2 is 1.76 bits per heavy atom. The highest BCUT2D eigenvalue weighted by atomic mass is 16.2. The van der Waals surface area contributed by atoms with Gasteiger partial charge in [-0.05, 0) is 19.1 Å². The Morgan fingerprint density at radius 1 is 1.10 bits per heavy atom. The lowest BCUT2D eigenvalue weighted by Crippen LogP contribution is -2.50. The van der Waals surface area contributed by atoms with Crippen molar-refractivity contribution in [3.63, 3.8) is 0 Å². The van der Waals surface area contributed by atoms with Crippen LogP contribution in [0, 0.1) is 6.92 Å². The molecule has 0 aromatic carbocycles. The third-order valence-electron chi connectivity index (χ3n) is 3.92. The smallest absolute Gasteiger partial charge is 0.272 e. The SMILES string of the molecule is CC(=O)N1CCN(C(=O)c2c(C)nc3ccccn23)CC1. The van der Waals surface area contributed by atoms with E-state index in [1.165, 1.54) is 0 Å². The van der Waals surface area contributed by atoms with Gasteiger partial charge in [0.25, 0.3) is 5.91 Å². The van der Waals surface area contributed by atoms with Gasteiger partial charge in [0.2, 0.25) is 5.91 Å². The Kier molecular flexibility index (Phi) is 3.37. The van der Waals surface area contributed by atoms with E-state index in [9.17, 15) is 9.59 Å². The lowest BCUT2D eigenvalue weighted by Gasteiger charge is -2.34. The van der Waals surface area contributed by atoms with E-state index in [1.807, 2.05) is 35.7 Å². The number of nitrogens with zero attached hydrogens (tertiary/aromatic N) is 4. The first-order valence-corrected chi connectivity index (χ1v) is 7.06. The molecule has 1 aliphatic heterocycles. The highest BCUT2D eigenvalue weighted by Crippen LogP contribution is 2.15. The predicted octanol–water partition coefficient (Wildman–Crippen LogP) is 0.947. The first kappa shape index (κ1) is 13.6. The molecule has 0 atom stereocenters. The van der Waals surface area contributed by atoms with Gasteiger partial charge < -0.3 is 9.80 Å². The number of aromatic nitrogens is 2. The molecule has 0 aliphatic carbocycles. The molecule has 21 heavy (non-hydrogen) atoms. The zero-order chi connectivity index (χ0) is 15.0. The van der Waals surface area contributed by atoms with E-state index in [2.05, 4.69) is 4.98 Å². The van der Waals surface area contributed by atoms with Gasteiger partial charge in [-0.15, -0.1) is 0 Å². The summed E-state index contributed by atoms with van der Waals surface area (Å²) < 4.78 is 1.83. The van der Waals surface area contributed by atoms with Crippen LogP contribution in [0.1, 0.15) is 23.1 Å². The van der Waals surface area contributed by atoms with Crippen LogP contribution in [-0.4, -0.2) is 57.2 Å². The van der Waals surface area contributed by atoms with Gasteiger partial charge in [0, 0.05) is 39.3 Å². The summed E-state index contributed by atoms with van der Waals surface area (Å²) in [7, 11) is 0. The number of piperazine rings is 1. The monoisotopic (exact) mass is 286 g/mol. The van der Waals surface area contributed by atoms with Crippen LogP contribution in [-0.2, 0) is 4.79 Å². The number of carbonyl (C=O) groups excluding carboxylic acids is 2. The third-order valence-corrected chi connectivity index (χ3v) is 3.92. The first-order valence-electron chi connectivity index (χ1n) is 7.06. The quantitative estimate of drug-likeness (QED) is 0.784. The highest BCUT2D eigenvalue weighted by molar-refractivity contribution is 5.94. The standard InChI is InChI=1S/C15H18N4O2/c1-11-14(19-6-4-3-5-13(19)16-11)15(21)18-9-7-17(8-10-18)12(2)20/h3-6H,7-10H2,1-2H3. The molecule has 3 rings (SSSR count). The normalized spacial score (nSPS) is 15.5. The molecule has 110 valence electrons. The fraction of sp³-hybridized carbons (Fsp3) is 0.400. The number of hydrogen-bond acceptors (Lipinski definition) is 3. The summed E-state index contributed by atoms with van der Waals surface area (Å²) in [5.41, 5.74) is 2.13. The fourth-order valence-corrected chi connectivity index (χ4v) is 2.75. The van der Waals surface area contributed by atoms with Gasteiger partial charge in [-0.3, -0.25) is 14.0 Å². The minimum Gasteiger partial charge on any atom is -0.339 e.